The molecule has 1 saturated heterocycles. The van der Waals surface area contributed by atoms with Gasteiger partial charge in [0.05, 0.1) is 11.7 Å². The molecule has 9 heteroatoms. The summed E-state index contributed by atoms with van der Waals surface area (Å²) in [5.74, 6) is -3.14. The first-order chi connectivity index (χ1) is 19.0. The third kappa shape index (κ3) is 7.79. The maximum Gasteiger partial charge on any atom is 0.290 e. The van der Waals surface area contributed by atoms with Gasteiger partial charge >= 0.3 is 0 Å². The lowest BCUT2D eigenvalue weighted by atomic mass is 9.86. The van der Waals surface area contributed by atoms with Crippen LogP contribution >= 0.6 is 0 Å². The number of amides is 3. The van der Waals surface area contributed by atoms with Gasteiger partial charge in [-0.15, -0.1) is 0 Å². The largest absolute Gasteiger partial charge is 0.356 e. The second-order valence-corrected chi connectivity index (χ2v) is 12.5. The second-order valence-electron chi connectivity index (χ2n) is 12.5. The Kier molecular flexibility index (Phi) is 9.43. The van der Waals surface area contributed by atoms with Gasteiger partial charge < -0.3 is 20.9 Å². The summed E-state index contributed by atoms with van der Waals surface area (Å²) in [6, 6.07) is 8.26. The molecular formula is C31H42N4O5. The highest BCUT2D eigenvalue weighted by molar-refractivity contribution is 6.38. The van der Waals surface area contributed by atoms with Gasteiger partial charge in [0.15, 0.2) is 5.78 Å². The van der Waals surface area contributed by atoms with Crippen LogP contribution in [0.2, 0.25) is 0 Å². The molecule has 40 heavy (non-hydrogen) atoms. The van der Waals surface area contributed by atoms with Gasteiger partial charge in [0.1, 0.15) is 0 Å². The molecule has 2 fully saturated rings. The number of hydrogen-bond donors (Lipinski definition) is 4. The maximum absolute atomic E-state index is 13.8. The van der Waals surface area contributed by atoms with Gasteiger partial charge in [0.2, 0.25) is 17.6 Å². The molecule has 0 radical (unpaired) electrons. The first-order valence-electron chi connectivity index (χ1n) is 14.6. The minimum absolute atomic E-state index is 0.00579. The number of rotatable bonds is 11. The molecule has 9 nitrogen and oxygen atoms in total. The molecule has 1 aromatic heterocycles. The van der Waals surface area contributed by atoms with Crippen molar-refractivity contribution in [2.24, 2.45) is 17.8 Å². The van der Waals surface area contributed by atoms with Crippen molar-refractivity contribution >= 4 is 40.2 Å². The molecule has 2 heterocycles. The number of aromatic nitrogens is 1. The monoisotopic (exact) mass is 550 g/mol. The summed E-state index contributed by atoms with van der Waals surface area (Å²) in [5, 5.41) is 9.23. The number of carbonyl (C=O) groups is 5. The Bertz CT molecular complexity index is 1220. The van der Waals surface area contributed by atoms with Gasteiger partial charge in [0.25, 0.3) is 5.91 Å². The summed E-state index contributed by atoms with van der Waals surface area (Å²) in [7, 11) is 0. The predicted octanol–water partition coefficient (Wildman–Crippen LogP) is 3.82. The molecule has 3 amide bonds. The van der Waals surface area contributed by atoms with Crippen molar-refractivity contribution in [2.45, 2.75) is 90.1 Å². The number of H-pyrrole nitrogens is 1. The molecule has 2 aromatic rings. The molecule has 4 rings (SSSR count). The summed E-state index contributed by atoms with van der Waals surface area (Å²) >= 11 is 0. The molecule has 0 unspecified atom stereocenters. The molecule has 4 N–H and O–H groups in total. The molecule has 0 bridgehead atoms. The quantitative estimate of drug-likeness (QED) is 0.249. The lowest BCUT2D eigenvalue weighted by Gasteiger charge is -2.28. The van der Waals surface area contributed by atoms with Crippen molar-refractivity contribution in [1.29, 1.82) is 0 Å². The Balaban J connectivity index is 1.53. The number of para-hydroxylation sites is 1. The summed E-state index contributed by atoms with van der Waals surface area (Å²) in [4.78, 5) is 68.9. The highest BCUT2D eigenvalue weighted by atomic mass is 16.2. The van der Waals surface area contributed by atoms with Crippen molar-refractivity contribution in [3.8, 4) is 0 Å². The number of carbonyl (C=O) groups excluding carboxylic acids is 5. The van der Waals surface area contributed by atoms with Gasteiger partial charge in [-0.25, -0.2) is 0 Å². The molecule has 3 atom stereocenters. The van der Waals surface area contributed by atoms with Gasteiger partial charge in [-0.1, -0.05) is 43.9 Å². The number of aromatic amines is 1. The molecule has 216 valence electrons. The second kappa shape index (κ2) is 12.8. The van der Waals surface area contributed by atoms with Crippen LogP contribution in [-0.2, 0) is 19.2 Å². The first kappa shape index (κ1) is 29.5. The van der Waals surface area contributed by atoms with Crippen LogP contribution in [0.4, 0.5) is 0 Å². The van der Waals surface area contributed by atoms with Crippen LogP contribution in [0.25, 0.3) is 10.9 Å². The van der Waals surface area contributed by atoms with E-state index in [0.717, 1.165) is 43.0 Å². The number of fused-ring (bicyclic) bond motifs is 1. The maximum atomic E-state index is 13.8. The molecular weight excluding hydrogens is 508 g/mol. The Morgan fingerprint density at radius 2 is 1.73 bits per heavy atom. The molecule has 2 aliphatic rings. The van der Waals surface area contributed by atoms with Crippen molar-refractivity contribution < 1.29 is 24.0 Å². The smallest absolute Gasteiger partial charge is 0.290 e. The minimum Gasteiger partial charge on any atom is -0.356 e. The number of hydrogen-bond acceptors (Lipinski definition) is 5. The Labute approximate surface area is 235 Å². The van der Waals surface area contributed by atoms with Crippen LogP contribution in [-0.4, -0.2) is 52.4 Å². The fraction of sp³-hybridized carbons (Fsp3) is 0.581. The van der Waals surface area contributed by atoms with Gasteiger partial charge in [-0.3, -0.25) is 24.0 Å². The fourth-order valence-corrected chi connectivity index (χ4v) is 5.92. The molecule has 1 aliphatic heterocycles. The van der Waals surface area contributed by atoms with E-state index in [-0.39, 0.29) is 24.5 Å². The van der Waals surface area contributed by atoms with E-state index in [1.807, 2.05) is 24.3 Å². The summed E-state index contributed by atoms with van der Waals surface area (Å²) in [6.45, 7) is 5.89. The van der Waals surface area contributed by atoms with Crippen LogP contribution in [0.1, 0.15) is 89.0 Å². The van der Waals surface area contributed by atoms with Crippen molar-refractivity contribution in [2.75, 3.05) is 6.54 Å². The van der Waals surface area contributed by atoms with Crippen molar-refractivity contribution in [1.82, 2.24) is 20.9 Å². The van der Waals surface area contributed by atoms with E-state index in [2.05, 4.69) is 20.9 Å². The van der Waals surface area contributed by atoms with E-state index in [0.29, 0.717) is 31.0 Å². The van der Waals surface area contributed by atoms with Crippen LogP contribution < -0.4 is 16.0 Å². The number of nitrogens with one attached hydrogen (secondary N) is 4. The lowest BCUT2D eigenvalue weighted by Crippen LogP contribution is -2.54. The van der Waals surface area contributed by atoms with Crippen LogP contribution in [0.3, 0.4) is 0 Å². The zero-order chi connectivity index (χ0) is 28.9. The number of piperidine rings is 1. The summed E-state index contributed by atoms with van der Waals surface area (Å²) in [5.41, 5.74) is 0.658. The van der Waals surface area contributed by atoms with E-state index in [4.69, 9.17) is 0 Å². The van der Waals surface area contributed by atoms with E-state index in [9.17, 15) is 24.0 Å². The zero-order valence-electron chi connectivity index (χ0n) is 23.8. The Morgan fingerprint density at radius 1 is 1.00 bits per heavy atom. The average Bonchev–Trinajstić information content (AvgIpc) is 3.57. The third-order valence-electron chi connectivity index (χ3n) is 7.99. The normalized spacial score (nSPS) is 19.6. The first-order valence-corrected chi connectivity index (χ1v) is 14.6. The number of Topliss-reactive ketones (excluding diaryl/α,β-unsaturated/α-hetero) is 2. The van der Waals surface area contributed by atoms with Crippen LogP contribution in [0.5, 0.6) is 0 Å². The van der Waals surface area contributed by atoms with E-state index in [1.54, 1.807) is 26.8 Å². The highest BCUT2D eigenvalue weighted by Crippen LogP contribution is 2.32. The Hall–Kier alpha value is -3.49. The van der Waals surface area contributed by atoms with E-state index in [1.165, 1.54) is 0 Å². The number of ketones is 2. The minimum atomic E-state index is -1.15. The molecule has 1 aliphatic carbocycles. The highest BCUT2D eigenvalue weighted by Gasteiger charge is 2.36. The molecule has 1 aromatic carbocycles. The van der Waals surface area contributed by atoms with Gasteiger partial charge in [-0.05, 0) is 64.5 Å². The molecule has 0 spiro atoms. The fourth-order valence-electron chi connectivity index (χ4n) is 5.92. The van der Waals surface area contributed by atoms with E-state index >= 15 is 0 Å². The average molecular weight is 551 g/mol. The van der Waals surface area contributed by atoms with Crippen molar-refractivity contribution in [3.05, 3.63) is 36.0 Å². The summed E-state index contributed by atoms with van der Waals surface area (Å²) < 4.78 is 0. The third-order valence-corrected chi connectivity index (χ3v) is 7.99. The van der Waals surface area contributed by atoms with Crippen molar-refractivity contribution in [3.63, 3.8) is 0 Å². The topological polar surface area (TPSA) is 137 Å². The predicted molar refractivity (Wildman–Crippen MR) is 152 cm³/mol. The standard InChI is InChI=1S/C31H42N4O5/c1-31(2,3)35-30(40)27(37)25(17-21-12-8-14-32-28(21)38)34-29(39)22(15-19-9-4-5-10-19)18-26(36)24-16-20-11-6-7-13-23(20)33-24/h6-7,11,13,16,19,21-22,25,33H,4-5,8-10,12,14-15,17-18H2,1-3H3,(H,32,38)(H,34,39)(H,35,40)/t21-,22+,25-/m0/s1. The SMILES string of the molecule is CC(C)(C)NC(=O)C(=O)[C@H](C[C@@H]1CCCNC1=O)NC(=O)[C@@H](CC(=O)c1cc2ccccc2[nH]1)CC1CCCC1. The summed E-state index contributed by atoms with van der Waals surface area (Å²) in [6.07, 6.45) is 6.12. The Morgan fingerprint density at radius 3 is 2.40 bits per heavy atom. The van der Waals surface area contributed by atoms with Gasteiger partial charge in [-0.2, -0.15) is 0 Å². The molecule has 1 saturated carbocycles. The van der Waals surface area contributed by atoms with Gasteiger partial charge in [0, 0.05) is 41.2 Å². The van der Waals surface area contributed by atoms with Crippen LogP contribution in [0, 0.1) is 17.8 Å². The van der Waals surface area contributed by atoms with E-state index < -0.39 is 41.0 Å². The lowest BCUT2D eigenvalue weighted by molar-refractivity contribution is -0.142. The zero-order valence-corrected chi connectivity index (χ0v) is 23.8. The number of benzene rings is 1. The van der Waals surface area contributed by atoms with Crippen LogP contribution in [0.15, 0.2) is 30.3 Å².